The van der Waals surface area contributed by atoms with Crippen LogP contribution in [0.5, 0.6) is 0 Å². The molecule has 0 unspecified atom stereocenters. The van der Waals surface area contributed by atoms with Gasteiger partial charge in [0.2, 0.25) is 26.0 Å². The van der Waals surface area contributed by atoms with Crippen molar-refractivity contribution >= 4 is 37.3 Å². The summed E-state index contributed by atoms with van der Waals surface area (Å²) in [6, 6.07) is 6.77. The van der Waals surface area contributed by atoms with Gasteiger partial charge in [-0.25, -0.2) is 25.6 Å². The third-order valence-corrected chi connectivity index (χ3v) is 8.48. The molecule has 12 heteroatoms. The summed E-state index contributed by atoms with van der Waals surface area (Å²) in [6.45, 7) is 2.22. The lowest BCUT2D eigenvalue weighted by molar-refractivity contribution is -0.116. The summed E-state index contributed by atoms with van der Waals surface area (Å²) in [5.41, 5.74) is 0.0465. The minimum atomic E-state index is -4.02. The van der Waals surface area contributed by atoms with Crippen molar-refractivity contribution in [1.82, 2.24) is 4.31 Å². The average molecular weight is 502 g/mol. The fourth-order valence-corrected chi connectivity index (χ4v) is 6.33. The molecule has 1 fully saturated rings. The number of halogens is 2. The largest absolute Gasteiger partial charge is 0.324 e. The lowest BCUT2D eigenvalue weighted by Gasteiger charge is -2.28. The molecule has 0 bridgehead atoms. The van der Waals surface area contributed by atoms with Crippen LogP contribution in [0.25, 0.3) is 0 Å². The van der Waals surface area contributed by atoms with E-state index >= 15 is 0 Å². The van der Waals surface area contributed by atoms with E-state index in [0.717, 1.165) is 37.7 Å². The van der Waals surface area contributed by atoms with Crippen molar-refractivity contribution in [3.63, 3.8) is 0 Å². The molecule has 1 aliphatic heterocycles. The zero-order valence-electron chi connectivity index (χ0n) is 18.2. The first-order chi connectivity index (χ1) is 15.4. The molecule has 0 aliphatic carbocycles. The standard InChI is InChI=1S/C21H25F2N3O5S2/c1-15(26(32(2,28)29)17-8-11-19(22)20(23)14-17)21(27)24-16-6-9-18(10-7-16)33(30,31)25-12-4-3-5-13-25/h6-11,14-15H,3-5,12-13H2,1-2H3,(H,24,27)/t15-/m1/s1. The summed E-state index contributed by atoms with van der Waals surface area (Å²) in [5.74, 6) is -3.14. The SMILES string of the molecule is C[C@H](C(=O)Nc1ccc(S(=O)(=O)N2CCCCC2)cc1)N(c1ccc(F)c(F)c1)S(C)(=O)=O. The fourth-order valence-electron chi connectivity index (χ4n) is 3.64. The number of hydrogen-bond acceptors (Lipinski definition) is 5. The Hall–Kier alpha value is -2.57. The Kier molecular flexibility index (Phi) is 7.39. The molecule has 3 rings (SSSR count). The van der Waals surface area contributed by atoms with E-state index in [4.69, 9.17) is 0 Å². The van der Waals surface area contributed by atoms with E-state index in [9.17, 15) is 30.4 Å². The molecule has 1 saturated heterocycles. The summed E-state index contributed by atoms with van der Waals surface area (Å²) in [5, 5.41) is 2.53. The monoisotopic (exact) mass is 501 g/mol. The molecule has 0 saturated carbocycles. The number of piperidine rings is 1. The Morgan fingerprint density at radius 2 is 1.58 bits per heavy atom. The third-order valence-electron chi connectivity index (χ3n) is 5.32. The van der Waals surface area contributed by atoms with Crippen molar-refractivity contribution < 1.29 is 30.4 Å². The van der Waals surface area contributed by atoms with Gasteiger partial charge in [-0.3, -0.25) is 9.10 Å². The second-order valence-electron chi connectivity index (χ2n) is 7.81. The van der Waals surface area contributed by atoms with Crippen LogP contribution in [0.3, 0.4) is 0 Å². The van der Waals surface area contributed by atoms with E-state index in [0.29, 0.717) is 23.5 Å². The van der Waals surface area contributed by atoms with Gasteiger partial charge in [0.15, 0.2) is 11.6 Å². The molecule has 0 radical (unpaired) electrons. The molecule has 0 spiro atoms. The molecule has 0 aromatic heterocycles. The molecule has 1 atom stereocenters. The van der Waals surface area contributed by atoms with Gasteiger partial charge in [-0.15, -0.1) is 0 Å². The lowest BCUT2D eigenvalue weighted by atomic mass is 10.2. The van der Waals surface area contributed by atoms with Gasteiger partial charge in [-0.2, -0.15) is 4.31 Å². The number of carbonyl (C=O) groups is 1. The van der Waals surface area contributed by atoms with E-state index in [1.54, 1.807) is 0 Å². The quantitative estimate of drug-likeness (QED) is 0.628. The van der Waals surface area contributed by atoms with Gasteiger partial charge in [0, 0.05) is 24.8 Å². The van der Waals surface area contributed by atoms with Crippen molar-refractivity contribution in [3.05, 3.63) is 54.1 Å². The second-order valence-corrected chi connectivity index (χ2v) is 11.6. The highest BCUT2D eigenvalue weighted by Gasteiger charge is 2.30. The Morgan fingerprint density at radius 3 is 2.12 bits per heavy atom. The van der Waals surface area contributed by atoms with Crippen LogP contribution in [0.2, 0.25) is 0 Å². The number of benzene rings is 2. The highest BCUT2D eigenvalue weighted by molar-refractivity contribution is 7.92. The fraction of sp³-hybridized carbons (Fsp3) is 0.381. The normalized spacial score (nSPS) is 16.2. The maximum Gasteiger partial charge on any atom is 0.247 e. The summed E-state index contributed by atoms with van der Waals surface area (Å²) >= 11 is 0. The van der Waals surface area contributed by atoms with E-state index in [-0.39, 0.29) is 16.3 Å². The first kappa shape index (κ1) is 25.1. The van der Waals surface area contributed by atoms with Crippen molar-refractivity contribution in [2.24, 2.45) is 0 Å². The van der Waals surface area contributed by atoms with E-state index in [2.05, 4.69) is 5.32 Å². The molecule has 2 aromatic rings. The molecule has 1 aliphatic rings. The molecule has 8 nitrogen and oxygen atoms in total. The van der Waals surface area contributed by atoms with Crippen molar-refractivity contribution in [2.75, 3.05) is 29.0 Å². The molecule has 180 valence electrons. The number of rotatable bonds is 7. The molecule has 2 aromatic carbocycles. The van der Waals surface area contributed by atoms with Gasteiger partial charge in [-0.1, -0.05) is 6.42 Å². The average Bonchev–Trinajstić information content (AvgIpc) is 2.76. The van der Waals surface area contributed by atoms with Crippen LogP contribution in [0.4, 0.5) is 20.2 Å². The first-order valence-electron chi connectivity index (χ1n) is 10.3. The number of sulfonamides is 2. The van der Waals surface area contributed by atoms with Gasteiger partial charge in [0.25, 0.3) is 0 Å². The summed E-state index contributed by atoms with van der Waals surface area (Å²) in [4.78, 5) is 12.8. The zero-order chi connectivity index (χ0) is 24.4. The van der Waals surface area contributed by atoms with Crippen LogP contribution < -0.4 is 9.62 Å². The minimum absolute atomic E-state index is 0.0926. The number of anilines is 2. The lowest BCUT2D eigenvalue weighted by Crippen LogP contribution is -2.45. The first-order valence-corrected chi connectivity index (χ1v) is 13.6. The van der Waals surface area contributed by atoms with Crippen LogP contribution >= 0.6 is 0 Å². The van der Waals surface area contributed by atoms with Crippen molar-refractivity contribution in [1.29, 1.82) is 0 Å². The Labute approximate surface area is 192 Å². The Morgan fingerprint density at radius 1 is 0.970 bits per heavy atom. The molecular weight excluding hydrogens is 476 g/mol. The van der Waals surface area contributed by atoms with Crippen molar-refractivity contribution in [3.8, 4) is 0 Å². The number of carbonyl (C=O) groups excluding carboxylic acids is 1. The van der Waals surface area contributed by atoms with Gasteiger partial charge in [0.1, 0.15) is 6.04 Å². The topological polar surface area (TPSA) is 104 Å². The molecule has 1 amide bonds. The summed E-state index contributed by atoms with van der Waals surface area (Å²) in [6.07, 6.45) is 3.45. The number of hydrogen-bond donors (Lipinski definition) is 1. The van der Waals surface area contributed by atoms with E-state index in [1.807, 2.05) is 0 Å². The number of nitrogens with zero attached hydrogens (tertiary/aromatic N) is 2. The number of amides is 1. The van der Waals surface area contributed by atoms with Gasteiger partial charge >= 0.3 is 0 Å². The number of nitrogens with one attached hydrogen (secondary N) is 1. The maximum atomic E-state index is 13.7. The van der Waals surface area contributed by atoms with E-state index < -0.39 is 43.6 Å². The predicted molar refractivity (Wildman–Crippen MR) is 121 cm³/mol. The predicted octanol–water partition coefficient (Wildman–Crippen LogP) is 2.93. The molecule has 33 heavy (non-hydrogen) atoms. The minimum Gasteiger partial charge on any atom is -0.324 e. The maximum absolute atomic E-state index is 13.7. The zero-order valence-corrected chi connectivity index (χ0v) is 19.8. The summed E-state index contributed by atoms with van der Waals surface area (Å²) in [7, 11) is -7.66. The van der Waals surface area contributed by atoms with Gasteiger partial charge in [-0.05, 0) is 56.2 Å². The highest BCUT2D eigenvalue weighted by atomic mass is 32.2. The summed E-state index contributed by atoms with van der Waals surface area (Å²) < 4.78 is 79.1. The van der Waals surface area contributed by atoms with Gasteiger partial charge in [0.05, 0.1) is 16.8 Å². The van der Waals surface area contributed by atoms with Crippen LogP contribution in [0.1, 0.15) is 26.2 Å². The van der Waals surface area contributed by atoms with Crippen LogP contribution in [0.15, 0.2) is 47.4 Å². The van der Waals surface area contributed by atoms with Gasteiger partial charge < -0.3 is 5.32 Å². The third kappa shape index (κ3) is 5.68. The van der Waals surface area contributed by atoms with Crippen LogP contribution in [0, 0.1) is 11.6 Å². The highest BCUT2D eigenvalue weighted by Crippen LogP contribution is 2.25. The molecule has 1 N–H and O–H groups in total. The van der Waals surface area contributed by atoms with Crippen LogP contribution in [-0.2, 0) is 24.8 Å². The van der Waals surface area contributed by atoms with Crippen LogP contribution in [-0.4, -0.2) is 52.4 Å². The second kappa shape index (κ2) is 9.74. The van der Waals surface area contributed by atoms with E-state index in [1.165, 1.54) is 35.5 Å². The molecular formula is C21H25F2N3O5S2. The Balaban J connectivity index is 1.78. The smallest absolute Gasteiger partial charge is 0.247 e. The molecule has 1 heterocycles. The van der Waals surface area contributed by atoms with Crippen molar-refractivity contribution in [2.45, 2.75) is 37.1 Å². The Bertz CT molecular complexity index is 1230.